The van der Waals surface area contributed by atoms with Crippen molar-refractivity contribution in [2.45, 2.75) is 53.9 Å². The van der Waals surface area contributed by atoms with E-state index in [2.05, 4.69) is 56.2 Å². The average molecular weight is 1910 g/mol. The predicted molar refractivity (Wildman–Crippen MR) is 513 cm³/mol. The van der Waals surface area contributed by atoms with Crippen molar-refractivity contribution in [1.82, 2.24) is 52.5 Å². The molecule has 141 heavy (non-hydrogen) atoms. The lowest BCUT2D eigenvalue weighted by molar-refractivity contribution is -0.141. The highest BCUT2D eigenvalue weighted by Crippen LogP contribution is 2.41. The minimum atomic E-state index is -4.87. The van der Waals surface area contributed by atoms with Crippen LogP contribution in [0.4, 0.5) is 79.8 Å². The summed E-state index contributed by atoms with van der Waals surface area (Å²) in [6, 6.07) is 68.3. The van der Waals surface area contributed by atoms with Crippen LogP contribution >= 0.6 is 0 Å². The van der Waals surface area contributed by atoms with Crippen LogP contribution in [-0.4, -0.2) is 76.1 Å². The van der Waals surface area contributed by atoms with E-state index >= 15 is 0 Å². The van der Waals surface area contributed by atoms with Crippen LogP contribution in [0.5, 0.6) is 0 Å². The molecule has 4 N–H and O–H groups in total. The Balaban J connectivity index is 0.000000130. The Labute approximate surface area is 795 Å². The van der Waals surface area contributed by atoms with Crippen molar-refractivity contribution in [2.75, 3.05) is 21.3 Å². The fourth-order valence-electron chi connectivity index (χ4n) is 15.9. The van der Waals surface area contributed by atoms with Crippen LogP contribution in [0.15, 0.2) is 329 Å². The number of anilines is 4. The fourth-order valence-corrected chi connectivity index (χ4v) is 15.9. The van der Waals surface area contributed by atoms with Gasteiger partial charge in [0.05, 0.1) is 108 Å². The molecular weight excluding hydrogens is 1830 g/mol. The Bertz CT molecular complexity index is 7980. The van der Waals surface area contributed by atoms with Crippen molar-refractivity contribution >= 4 is 68.4 Å². The monoisotopic (exact) mass is 1910 g/mol. The highest BCUT2D eigenvalue weighted by molar-refractivity contribution is 6.09. The van der Waals surface area contributed by atoms with Crippen LogP contribution in [0.2, 0.25) is 0 Å². The third kappa shape index (κ3) is 20.2. The summed E-state index contributed by atoms with van der Waals surface area (Å²) in [6.45, 7) is 11.3. The lowest BCUT2D eigenvalue weighted by atomic mass is 9.98. The summed E-state index contributed by atoms with van der Waals surface area (Å²) < 4.78 is 188. The quantitative estimate of drug-likeness (QED) is 0.0666. The van der Waals surface area contributed by atoms with Crippen LogP contribution in [-0.2, 0) is 12.4 Å². The van der Waals surface area contributed by atoms with Crippen LogP contribution in [0.3, 0.4) is 0 Å². The number of fused-ring (bicyclic) bond motifs is 4. The molecule has 0 aliphatic rings. The van der Waals surface area contributed by atoms with E-state index in [9.17, 15) is 76.3 Å². The van der Waals surface area contributed by atoms with Gasteiger partial charge in [-0.15, -0.1) is 0 Å². The van der Waals surface area contributed by atoms with Gasteiger partial charge >= 0.3 is 12.4 Å². The van der Waals surface area contributed by atoms with Crippen LogP contribution in [0, 0.1) is 82.3 Å². The summed E-state index contributed by atoms with van der Waals surface area (Å²) in [6.07, 6.45) is 7.64. The Morgan fingerprint density at radius 3 is 0.865 bits per heavy atom. The summed E-state index contributed by atoms with van der Waals surface area (Å²) in [5, 5.41) is 10.8. The van der Waals surface area contributed by atoms with Crippen LogP contribution in [0.25, 0.3) is 112 Å². The second-order valence-electron chi connectivity index (χ2n) is 32.7. The van der Waals surface area contributed by atoms with Crippen LogP contribution in [0.1, 0.15) is 86.3 Å². The largest absolute Gasteiger partial charge is 0.434 e. The lowest BCUT2D eigenvalue weighted by Crippen LogP contribution is -2.20. The van der Waals surface area contributed by atoms with Crippen molar-refractivity contribution in [3.63, 3.8) is 0 Å². The molecule has 9 aromatic carbocycles. The molecule has 32 heteroatoms. The average Bonchev–Trinajstić information content (AvgIpc) is 1.66. The number of nitrogens with zero attached hydrogens (tertiary/aromatic N) is 11. The third-order valence-corrected chi connectivity index (χ3v) is 23.1. The first kappa shape index (κ1) is 94.9. The zero-order valence-corrected chi connectivity index (χ0v) is 75.1. The summed E-state index contributed by atoms with van der Waals surface area (Å²) in [5.41, 5.74) is 11.8. The molecule has 0 atom stereocenters. The lowest BCUT2D eigenvalue weighted by Gasteiger charge is -2.15. The smallest absolute Gasteiger partial charge is 0.322 e. The molecule has 0 saturated heterocycles. The summed E-state index contributed by atoms with van der Waals surface area (Å²) in [7, 11) is 0. The molecule has 0 fully saturated rings. The fraction of sp³-hybridized carbons (Fsp3) is 0.0734. The molecule has 0 spiro atoms. The number of carbonyl (C=O) groups is 4. The topological polar surface area (TPSA) is 224 Å². The highest BCUT2D eigenvalue weighted by atomic mass is 19.4. The standard InChI is InChI=1S/C28H18F5N3O.C27H17F5N4O.C27H20F2N4O.C27H21FN4O/c1-16-7-10-18(11-8-16)35-27(37)21-14-17(9-12-22(21)28(31,32)33)19-5-3-13-36-24(19)15-34-26(36)20-4-2-6-23(29)25(20)30;1-15-7-9-17(10-8-15)35-26(37)20-12-16(13-33-24(20)27(30,31)32)18-5-3-11-36-22(18)14-34-25(36)19-4-2-6-21(28)23(19)29;1-16-8-10-19(11-9-16)32-27(34)22-13-18(14-30-17(22)2)20-6-4-12-33-24(20)15-31-26(33)21-5-3-7-23(28)25(21)29;1-17-9-11-20(12-10-17)31-27(33)23-14-19(15-29-18(23)2)21-7-5-13-32-25(21)16-30-26(32)22-6-3-4-8-24(22)28/h2-15H,1H3,(H,35,37);2-14H,1H3,(H,35,37);3-15H,1-2H3,(H,32,34);3-16H,1-2H3,(H,31,33). The molecule has 0 radical (unpaired) electrons. The molecule has 0 unspecified atom stereocenters. The Morgan fingerprint density at radius 2 is 0.532 bits per heavy atom. The van der Waals surface area contributed by atoms with E-state index < -0.39 is 81.5 Å². The second kappa shape index (κ2) is 39.8. The van der Waals surface area contributed by atoms with Gasteiger partial charge < -0.3 is 21.3 Å². The van der Waals surface area contributed by atoms with E-state index in [-0.39, 0.29) is 57.4 Å². The van der Waals surface area contributed by atoms with Gasteiger partial charge in [0.25, 0.3) is 23.6 Å². The summed E-state index contributed by atoms with van der Waals surface area (Å²) in [4.78, 5) is 81.6. The molecule has 0 saturated carbocycles. The van der Waals surface area contributed by atoms with Gasteiger partial charge in [-0.3, -0.25) is 51.7 Å². The molecular formula is C109H76F13N15O4. The highest BCUT2D eigenvalue weighted by Gasteiger charge is 2.39. The number of hydrogen-bond donors (Lipinski definition) is 4. The van der Waals surface area contributed by atoms with Gasteiger partial charge in [-0.1, -0.05) is 131 Å². The SMILES string of the molecule is Cc1ccc(NC(=O)c2cc(-c3cccn4c(-c5cccc(F)c5F)ncc34)ccc2C(F)(F)F)cc1.Cc1ccc(NC(=O)c2cc(-c3cccn4c(-c5cccc(F)c5F)ncc34)cnc2C(F)(F)F)cc1.Cc1ccc(NC(=O)c2cc(-c3cccn4c(-c5cccc(F)c5F)ncc34)cnc2C)cc1.Cc1ccc(NC(=O)c2cc(-c3cccn4c(-c5ccccc5F)ncc34)cnc2C)cc1. The van der Waals surface area contributed by atoms with E-state index in [0.717, 1.165) is 92.7 Å². The number of nitrogens with one attached hydrogen (secondary N) is 4. The zero-order chi connectivity index (χ0) is 99.4. The predicted octanol–water partition coefficient (Wildman–Crippen LogP) is 26.7. The van der Waals surface area contributed by atoms with E-state index in [1.54, 1.807) is 158 Å². The van der Waals surface area contributed by atoms with Gasteiger partial charge in [-0.05, 0) is 199 Å². The molecule has 0 aliphatic carbocycles. The molecule has 19 nitrogen and oxygen atoms in total. The number of carbonyl (C=O) groups excluding carboxylic acids is 4. The molecule has 11 aromatic heterocycles. The molecule has 11 heterocycles. The van der Waals surface area contributed by atoms with Gasteiger partial charge in [0.15, 0.2) is 40.6 Å². The van der Waals surface area contributed by atoms with Crippen molar-refractivity contribution in [3.8, 4) is 90.1 Å². The Morgan fingerprint density at radius 1 is 0.255 bits per heavy atom. The van der Waals surface area contributed by atoms with E-state index in [4.69, 9.17) is 0 Å². The van der Waals surface area contributed by atoms with Gasteiger partial charge in [-0.2, -0.15) is 26.3 Å². The number of pyridine rings is 7. The minimum Gasteiger partial charge on any atom is -0.322 e. The molecule has 20 rings (SSSR count). The zero-order valence-electron chi connectivity index (χ0n) is 75.1. The number of halogens is 13. The van der Waals surface area contributed by atoms with Gasteiger partial charge in [0.1, 0.15) is 29.1 Å². The number of alkyl halides is 6. The number of aromatic nitrogens is 11. The Kier molecular flexibility index (Phi) is 26.8. The second-order valence-corrected chi connectivity index (χ2v) is 32.7. The maximum Gasteiger partial charge on any atom is 0.434 e. The van der Waals surface area contributed by atoms with Gasteiger partial charge in [-0.25, -0.2) is 50.7 Å². The number of amides is 4. The number of benzene rings is 9. The molecule has 20 aromatic rings. The van der Waals surface area contributed by atoms with Crippen molar-refractivity contribution < 1.29 is 76.3 Å². The number of aryl methyl sites for hydroxylation is 6. The van der Waals surface area contributed by atoms with Crippen LogP contribution < -0.4 is 21.3 Å². The molecule has 702 valence electrons. The first-order chi connectivity index (χ1) is 67.7. The molecule has 0 bridgehead atoms. The Hall–Kier alpha value is -17.8. The number of rotatable bonds is 16. The normalized spacial score (nSPS) is 11.3. The van der Waals surface area contributed by atoms with E-state index in [1.807, 2.05) is 118 Å². The van der Waals surface area contributed by atoms with E-state index in [0.29, 0.717) is 89.8 Å². The maximum atomic E-state index is 14.4. The number of imidazole rings is 4. The number of hydrogen-bond acceptors (Lipinski definition) is 11. The summed E-state index contributed by atoms with van der Waals surface area (Å²) >= 11 is 0. The van der Waals surface area contributed by atoms with Gasteiger partial charge in [0, 0.05) is 105 Å². The summed E-state index contributed by atoms with van der Waals surface area (Å²) in [5.74, 6) is -7.79. The van der Waals surface area contributed by atoms with E-state index in [1.165, 1.54) is 69.7 Å². The first-order valence-corrected chi connectivity index (χ1v) is 43.4. The molecule has 0 aliphatic heterocycles. The third-order valence-electron chi connectivity index (χ3n) is 23.1. The first-order valence-electron chi connectivity index (χ1n) is 43.4. The minimum absolute atomic E-state index is 0.0669. The van der Waals surface area contributed by atoms with Gasteiger partial charge in [0.2, 0.25) is 0 Å². The maximum absolute atomic E-state index is 14.4. The van der Waals surface area contributed by atoms with Crippen molar-refractivity contribution in [1.29, 1.82) is 0 Å². The van der Waals surface area contributed by atoms with Crippen molar-refractivity contribution in [3.05, 3.63) is 437 Å². The van der Waals surface area contributed by atoms with Crippen molar-refractivity contribution in [2.24, 2.45) is 0 Å². The molecule has 4 amide bonds.